The number of aliphatic hydroxyl groups is 12. The maximum atomic E-state index is 7.61. The summed E-state index contributed by atoms with van der Waals surface area (Å²) in [7, 11) is 0. The summed E-state index contributed by atoms with van der Waals surface area (Å²) in [4.78, 5) is 0. The van der Waals surface area contributed by atoms with Crippen LogP contribution in [0.5, 0.6) is 0 Å². The molecule has 0 aliphatic carbocycles. The van der Waals surface area contributed by atoms with Gasteiger partial charge in [0.25, 0.3) is 0 Å². The van der Waals surface area contributed by atoms with Crippen molar-refractivity contribution in [2.75, 3.05) is 39.3 Å². The fourth-order valence-corrected chi connectivity index (χ4v) is 2.21. The van der Waals surface area contributed by atoms with E-state index in [-0.39, 0.29) is 57.6 Å². The van der Waals surface area contributed by atoms with Crippen molar-refractivity contribution in [3.63, 3.8) is 0 Å². The van der Waals surface area contributed by atoms with Gasteiger partial charge in [-0.25, -0.2) is 0 Å². The van der Waals surface area contributed by atoms with Gasteiger partial charge in [0, 0.05) is 52.1 Å². The quantitative estimate of drug-likeness (QED) is 0.141. The predicted octanol–water partition coefficient (Wildman–Crippen LogP) is -0.298. The van der Waals surface area contributed by atoms with Gasteiger partial charge in [-0.3, -0.25) is 0 Å². The first-order valence-corrected chi connectivity index (χ1v) is 14.5. The maximum Gasteiger partial charge on any atom is 0.148 e. The Morgan fingerprint density at radius 1 is 0.283 bits per heavy atom. The van der Waals surface area contributed by atoms with Gasteiger partial charge in [0.05, 0.1) is 0 Å². The molecule has 46 heavy (non-hydrogen) atoms. The van der Waals surface area contributed by atoms with Gasteiger partial charge in [0.2, 0.25) is 0 Å². The van der Waals surface area contributed by atoms with E-state index in [1.54, 1.807) is 0 Å². The van der Waals surface area contributed by atoms with Crippen LogP contribution in [0.15, 0.2) is 0 Å². The van der Waals surface area contributed by atoms with E-state index in [1.165, 1.54) is 99.3 Å². The molecule has 16 nitrogen and oxygen atoms in total. The van der Waals surface area contributed by atoms with E-state index in [9.17, 15) is 0 Å². The minimum Gasteiger partial charge on any atom is -0.662 e. The van der Waals surface area contributed by atoms with E-state index in [0.29, 0.717) is 0 Å². The summed E-state index contributed by atoms with van der Waals surface area (Å²) in [6.07, 6.45) is 5.22. The fraction of sp³-hybridized carbons (Fsp3) is 1.00. The standard InChI is InChI=1S/3C5H10N.6C2H6O2.3Cr.H2O/c3*1-2-4-6-5-3-1;6*1-2(3)4;;;;/h3*1-5H2;6*2-4H,1H3;;;;1H2/q3*-1;;;;;;;;;;. The van der Waals surface area contributed by atoms with Crippen molar-refractivity contribution in [1.82, 2.24) is 0 Å². The van der Waals surface area contributed by atoms with Crippen LogP contribution >= 0.6 is 0 Å². The molecule has 0 atom stereocenters. The number of nitrogens with zero attached hydrogens (tertiary/aromatic N) is 3. The Kier molecular flexibility index (Phi) is 107. The van der Waals surface area contributed by atoms with Gasteiger partial charge in [-0.15, -0.1) is 39.3 Å². The SMILES string of the molecule is C1CC[N-]CC1.C1CC[N-]CC1.C1CC[N-]CC1.CC(O)O.CC(O)O.CC(O)O.CC(O)O.CC(O)O.CC(O)O.O.[Cr].[Cr].[Cr]. The Hall–Kier alpha value is 0.957. The van der Waals surface area contributed by atoms with E-state index in [0.717, 1.165) is 39.3 Å². The second-order valence-electron chi connectivity index (χ2n) is 8.99. The second kappa shape index (κ2) is 68.0. The van der Waals surface area contributed by atoms with Crippen LogP contribution in [0.2, 0.25) is 0 Å². The topological polar surface area (TPSA) is 317 Å². The van der Waals surface area contributed by atoms with Gasteiger partial charge in [-0.1, -0.05) is 57.8 Å². The summed E-state index contributed by atoms with van der Waals surface area (Å²) in [5.41, 5.74) is 0. The Bertz CT molecular complexity index is 290. The van der Waals surface area contributed by atoms with Crippen LogP contribution in [0.25, 0.3) is 16.0 Å². The van der Waals surface area contributed by atoms with E-state index in [4.69, 9.17) is 61.3 Å². The van der Waals surface area contributed by atoms with Gasteiger partial charge in [-0.05, 0) is 41.5 Å². The molecule has 0 radical (unpaired) electrons. The molecular formula is C27H68Cr3N3O13-3. The molecule has 0 bridgehead atoms. The number of aliphatic hydroxyl groups excluding tert-OH is 6. The van der Waals surface area contributed by atoms with Crippen LogP contribution in [-0.4, -0.2) is 144 Å². The van der Waals surface area contributed by atoms with E-state index in [2.05, 4.69) is 16.0 Å². The molecule has 14 N–H and O–H groups in total. The maximum absolute atomic E-state index is 7.61. The first-order valence-electron chi connectivity index (χ1n) is 14.5. The Morgan fingerprint density at radius 2 is 0.370 bits per heavy atom. The zero-order chi connectivity index (χ0) is 34.2. The predicted molar refractivity (Wildman–Crippen MR) is 168 cm³/mol. The van der Waals surface area contributed by atoms with Gasteiger partial charge in [-0.2, -0.15) is 0 Å². The molecule has 3 aliphatic rings. The summed E-state index contributed by atoms with van der Waals surface area (Å²) in [6.45, 7) is 14.4. The molecular weight excluding hydrogens is 730 g/mol. The van der Waals surface area contributed by atoms with Crippen molar-refractivity contribution in [2.45, 2.75) is 137 Å². The van der Waals surface area contributed by atoms with Crippen molar-refractivity contribution >= 4 is 0 Å². The molecule has 3 fully saturated rings. The minimum absolute atomic E-state index is 0. The van der Waals surface area contributed by atoms with Crippen LogP contribution in [0.4, 0.5) is 0 Å². The molecule has 0 unspecified atom stereocenters. The fourth-order valence-electron chi connectivity index (χ4n) is 2.21. The summed E-state index contributed by atoms with van der Waals surface area (Å²) in [5.74, 6) is 0. The normalized spacial score (nSPS) is 14.1. The van der Waals surface area contributed by atoms with E-state index < -0.39 is 37.7 Å². The number of piperidine rings is 3. The molecule has 3 saturated heterocycles. The average molecular weight is 799 g/mol. The van der Waals surface area contributed by atoms with Crippen molar-refractivity contribution in [3.05, 3.63) is 16.0 Å². The summed E-state index contributed by atoms with van der Waals surface area (Å²) < 4.78 is 0. The summed E-state index contributed by atoms with van der Waals surface area (Å²) >= 11 is 0. The third kappa shape index (κ3) is 242. The molecule has 0 aromatic carbocycles. The zero-order valence-electron chi connectivity index (χ0n) is 28.5. The van der Waals surface area contributed by atoms with Crippen molar-refractivity contribution in [3.8, 4) is 0 Å². The third-order valence-electron chi connectivity index (χ3n) is 3.40. The van der Waals surface area contributed by atoms with Crippen LogP contribution in [0.1, 0.15) is 99.3 Å². The monoisotopic (exact) mass is 798 g/mol. The molecule has 0 amide bonds. The molecule has 0 spiro atoms. The molecule has 19 heteroatoms. The smallest absolute Gasteiger partial charge is 0.148 e. The summed E-state index contributed by atoms with van der Waals surface area (Å²) in [6, 6.07) is 0. The van der Waals surface area contributed by atoms with Crippen molar-refractivity contribution in [1.29, 1.82) is 0 Å². The number of hydrogen-bond donors (Lipinski definition) is 12. The van der Waals surface area contributed by atoms with Crippen LogP contribution < -0.4 is 0 Å². The van der Waals surface area contributed by atoms with Gasteiger partial charge >= 0.3 is 0 Å². The largest absolute Gasteiger partial charge is 0.662 e. The first kappa shape index (κ1) is 72.6. The van der Waals surface area contributed by atoms with Gasteiger partial charge in [0.1, 0.15) is 37.7 Å². The molecule has 3 heterocycles. The molecule has 0 aromatic rings. The molecule has 0 saturated carbocycles. The zero-order valence-corrected chi connectivity index (χ0v) is 32.3. The average Bonchev–Trinajstić information content (AvgIpc) is 2.86. The van der Waals surface area contributed by atoms with Crippen LogP contribution in [0.3, 0.4) is 0 Å². The minimum atomic E-state index is -1.17. The molecule has 3 aliphatic heterocycles. The summed E-state index contributed by atoms with van der Waals surface area (Å²) in [5, 5.41) is 104. The first-order chi connectivity index (χ1) is 19.4. The Labute approximate surface area is 310 Å². The number of hydrogen-bond acceptors (Lipinski definition) is 12. The van der Waals surface area contributed by atoms with E-state index >= 15 is 0 Å². The molecule has 0 aromatic heterocycles. The Balaban J connectivity index is -0.0000000395. The molecule has 3 rings (SSSR count). The van der Waals surface area contributed by atoms with Gasteiger partial charge in [0.15, 0.2) is 0 Å². The van der Waals surface area contributed by atoms with Gasteiger partial charge < -0.3 is 82.7 Å². The Morgan fingerprint density at radius 3 is 0.391 bits per heavy atom. The van der Waals surface area contributed by atoms with Crippen LogP contribution in [0, 0.1) is 0 Å². The van der Waals surface area contributed by atoms with E-state index in [1.807, 2.05) is 0 Å². The second-order valence-corrected chi connectivity index (χ2v) is 8.99. The third-order valence-corrected chi connectivity index (χ3v) is 3.40. The van der Waals surface area contributed by atoms with Crippen molar-refractivity contribution in [2.24, 2.45) is 0 Å². The molecule has 290 valence electrons. The van der Waals surface area contributed by atoms with Crippen molar-refractivity contribution < 1.29 is 119 Å². The van der Waals surface area contributed by atoms with Crippen LogP contribution in [-0.2, 0) is 52.1 Å². The number of rotatable bonds is 0.